The fourth-order valence-corrected chi connectivity index (χ4v) is 2.12. The normalized spacial score (nSPS) is 10.2. The summed E-state index contributed by atoms with van der Waals surface area (Å²) in [5, 5.41) is 0. The van der Waals surface area contributed by atoms with Gasteiger partial charge in [0.15, 0.2) is 0 Å². The Labute approximate surface area is 122 Å². The highest BCUT2D eigenvalue weighted by atomic mass is 32.2. The van der Waals surface area contributed by atoms with Crippen molar-refractivity contribution in [3.63, 3.8) is 0 Å². The zero-order valence-corrected chi connectivity index (χ0v) is 12.3. The molecule has 2 rings (SSSR count). The highest BCUT2D eigenvalue weighted by Crippen LogP contribution is 2.24. The van der Waals surface area contributed by atoms with Crippen molar-refractivity contribution in [2.45, 2.75) is 11.8 Å². The molecule has 2 aromatic rings. The predicted octanol–water partition coefficient (Wildman–Crippen LogP) is 3.54. The summed E-state index contributed by atoms with van der Waals surface area (Å²) in [5.74, 6) is 1.24. The summed E-state index contributed by atoms with van der Waals surface area (Å²) >= 11 is 6.66. The van der Waals surface area contributed by atoms with E-state index in [-0.39, 0.29) is 0 Å². The second-order valence-corrected chi connectivity index (χ2v) is 5.30. The molecule has 1 heterocycles. The van der Waals surface area contributed by atoms with Gasteiger partial charge < -0.3 is 10.5 Å². The molecule has 5 heteroatoms. The molecule has 2 N–H and O–H groups in total. The summed E-state index contributed by atoms with van der Waals surface area (Å²) in [4.78, 5) is 5.84. The Morgan fingerprint density at radius 3 is 2.53 bits per heavy atom. The number of pyridine rings is 1. The average molecular weight is 290 g/mol. The minimum Gasteiger partial charge on any atom is -0.439 e. The number of aryl methyl sites for hydroxylation is 1. The number of nitrogens with zero attached hydrogens (tertiary/aromatic N) is 1. The minimum absolute atomic E-state index is 0.341. The molecular weight excluding hydrogens is 276 g/mol. The van der Waals surface area contributed by atoms with Gasteiger partial charge in [-0.05, 0) is 43.5 Å². The summed E-state index contributed by atoms with van der Waals surface area (Å²) in [6, 6.07) is 11.4. The van der Waals surface area contributed by atoms with Crippen LogP contribution in [0.4, 0.5) is 0 Å². The van der Waals surface area contributed by atoms with E-state index in [9.17, 15) is 0 Å². The SMILES string of the molecule is CSc1ccc(Oc2cc(C(N)=S)cc(C)n2)cc1. The summed E-state index contributed by atoms with van der Waals surface area (Å²) < 4.78 is 5.71. The van der Waals surface area contributed by atoms with Crippen LogP contribution < -0.4 is 10.5 Å². The van der Waals surface area contributed by atoms with Crippen LogP contribution in [-0.4, -0.2) is 16.2 Å². The van der Waals surface area contributed by atoms with Crippen molar-refractivity contribution in [1.82, 2.24) is 4.98 Å². The molecule has 0 aliphatic heterocycles. The summed E-state index contributed by atoms with van der Waals surface area (Å²) in [7, 11) is 0. The Morgan fingerprint density at radius 2 is 1.95 bits per heavy atom. The van der Waals surface area contributed by atoms with E-state index in [4.69, 9.17) is 22.7 Å². The molecule has 0 bridgehead atoms. The van der Waals surface area contributed by atoms with E-state index in [0.29, 0.717) is 10.9 Å². The molecule has 1 aromatic carbocycles. The third-order valence-electron chi connectivity index (χ3n) is 2.50. The molecule has 1 aromatic heterocycles. The van der Waals surface area contributed by atoms with Gasteiger partial charge in [-0.25, -0.2) is 4.98 Å². The lowest BCUT2D eigenvalue weighted by Crippen LogP contribution is -2.10. The average Bonchev–Trinajstić information content (AvgIpc) is 2.39. The van der Waals surface area contributed by atoms with E-state index < -0.39 is 0 Å². The molecule has 19 heavy (non-hydrogen) atoms. The second kappa shape index (κ2) is 6.04. The molecule has 98 valence electrons. The quantitative estimate of drug-likeness (QED) is 0.689. The van der Waals surface area contributed by atoms with Gasteiger partial charge in [-0.1, -0.05) is 12.2 Å². The van der Waals surface area contributed by atoms with E-state index in [1.165, 1.54) is 4.90 Å². The van der Waals surface area contributed by atoms with Crippen LogP contribution in [0.25, 0.3) is 0 Å². The number of ether oxygens (including phenoxy) is 1. The van der Waals surface area contributed by atoms with Crippen molar-refractivity contribution in [2.75, 3.05) is 6.26 Å². The summed E-state index contributed by atoms with van der Waals surface area (Å²) in [6.45, 7) is 1.88. The maximum atomic E-state index is 5.71. The first-order valence-electron chi connectivity index (χ1n) is 5.69. The lowest BCUT2D eigenvalue weighted by Gasteiger charge is -2.08. The van der Waals surface area contributed by atoms with Crippen LogP contribution in [0.15, 0.2) is 41.3 Å². The standard InChI is InChI=1S/C14H14N2OS2/c1-9-7-10(14(15)18)8-13(16-9)17-11-3-5-12(19-2)6-4-11/h3-8H,1-2H3,(H2,15,18). The zero-order chi connectivity index (χ0) is 13.8. The highest BCUT2D eigenvalue weighted by molar-refractivity contribution is 7.98. The molecule has 0 spiro atoms. The number of benzene rings is 1. The van der Waals surface area contributed by atoms with Crippen molar-refractivity contribution >= 4 is 29.0 Å². The molecule has 0 amide bonds. The first kappa shape index (κ1) is 13.8. The largest absolute Gasteiger partial charge is 0.439 e. The number of thiocarbonyl (C=S) groups is 1. The fraction of sp³-hybridized carbons (Fsp3) is 0.143. The fourth-order valence-electron chi connectivity index (χ4n) is 1.60. The van der Waals surface area contributed by atoms with Gasteiger partial charge in [-0.15, -0.1) is 11.8 Å². The van der Waals surface area contributed by atoms with Crippen LogP contribution in [0.5, 0.6) is 11.6 Å². The second-order valence-electron chi connectivity index (χ2n) is 3.98. The van der Waals surface area contributed by atoms with Gasteiger partial charge in [0.25, 0.3) is 0 Å². The Balaban J connectivity index is 2.24. The smallest absolute Gasteiger partial charge is 0.220 e. The lowest BCUT2D eigenvalue weighted by molar-refractivity contribution is 0.461. The highest BCUT2D eigenvalue weighted by Gasteiger charge is 2.05. The van der Waals surface area contributed by atoms with Gasteiger partial charge in [-0.2, -0.15) is 0 Å². The van der Waals surface area contributed by atoms with E-state index in [1.54, 1.807) is 17.8 Å². The Morgan fingerprint density at radius 1 is 1.26 bits per heavy atom. The van der Waals surface area contributed by atoms with E-state index in [0.717, 1.165) is 17.0 Å². The number of hydrogen-bond acceptors (Lipinski definition) is 4. The number of rotatable bonds is 4. The minimum atomic E-state index is 0.341. The lowest BCUT2D eigenvalue weighted by atomic mass is 10.2. The van der Waals surface area contributed by atoms with Crippen LogP contribution in [0.3, 0.4) is 0 Å². The van der Waals surface area contributed by atoms with Crippen molar-refractivity contribution in [3.05, 3.63) is 47.7 Å². The molecule has 0 saturated carbocycles. The topological polar surface area (TPSA) is 48.1 Å². The van der Waals surface area contributed by atoms with Crippen molar-refractivity contribution in [3.8, 4) is 11.6 Å². The molecule has 0 aliphatic rings. The molecular formula is C14H14N2OS2. The zero-order valence-electron chi connectivity index (χ0n) is 10.7. The van der Waals surface area contributed by atoms with Crippen molar-refractivity contribution in [2.24, 2.45) is 5.73 Å². The Bertz CT molecular complexity index is 597. The summed E-state index contributed by atoms with van der Waals surface area (Å²) in [6.07, 6.45) is 2.03. The maximum Gasteiger partial charge on any atom is 0.220 e. The molecule has 3 nitrogen and oxygen atoms in total. The molecule has 0 aliphatic carbocycles. The van der Waals surface area contributed by atoms with Crippen LogP contribution in [0.2, 0.25) is 0 Å². The molecule has 0 radical (unpaired) electrons. The number of aromatic nitrogens is 1. The third kappa shape index (κ3) is 3.68. The van der Waals surface area contributed by atoms with Gasteiger partial charge in [0.05, 0.1) is 0 Å². The Kier molecular flexibility index (Phi) is 4.39. The number of nitrogens with two attached hydrogens (primary N) is 1. The van der Waals surface area contributed by atoms with Crippen LogP contribution in [-0.2, 0) is 0 Å². The van der Waals surface area contributed by atoms with Crippen LogP contribution >= 0.6 is 24.0 Å². The number of hydrogen-bond donors (Lipinski definition) is 1. The van der Waals surface area contributed by atoms with Gasteiger partial charge >= 0.3 is 0 Å². The van der Waals surface area contributed by atoms with Crippen molar-refractivity contribution in [1.29, 1.82) is 0 Å². The first-order valence-corrected chi connectivity index (χ1v) is 7.32. The van der Waals surface area contributed by atoms with E-state index in [2.05, 4.69) is 4.98 Å². The van der Waals surface area contributed by atoms with Gasteiger partial charge in [-0.3, -0.25) is 0 Å². The molecule has 0 atom stereocenters. The molecule has 0 unspecified atom stereocenters. The van der Waals surface area contributed by atoms with Gasteiger partial charge in [0, 0.05) is 22.2 Å². The van der Waals surface area contributed by atoms with Gasteiger partial charge in [0.1, 0.15) is 10.7 Å². The van der Waals surface area contributed by atoms with Crippen molar-refractivity contribution < 1.29 is 4.74 Å². The van der Waals surface area contributed by atoms with E-state index >= 15 is 0 Å². The first-order chi connectivity index (χ1) is 9.08. The van der Waals surface area contributed by atoms with E-state index in [1.807, 2.05) is 43.5 Å². The number of thioether (sulfide) groups is 1. The van der Waals surface area contributed by atoms with Crippen LogP contribution in [0, 0.1) is 6.92 Å². The molecule has 0 saturated heterocycles. The van der Waals surface area contributed by atoms with Gasteiger partial charge in [0.2, 0.25) is 5.88 Å². The summed E-state index contributed by atoms with van der Waals surface area (Å²) in [5.41, 5.74) is 7.21. The monoisotopic (exact) mass is 290 g/mol. The van der Waals surface area contributed by atoms with Crippen LogP contribution in [0.1, 0.15) is 11.3 Å². The molecule has 0 fully saturated rings. The predicted molar refractivity (Wildman–Crippen MR) is 83.2 cm³/mol. The maximum absolute atomic E-state index is 5.71. The third-order valence-corrected chi connectivity index (χ3v) is 3.48. The Hall–Kier alpha value is -1.59.